The van der Waals surface area contributed by atoms with Gasteiger partial charge in [0, 0.05) is 17.1 Å². The number of halogens is 3. The molecule has 0 saturated heterocycles. The number of nitrogens with two attached hydrogens (primary N) is 1. The maximum absolute atomic E-state index is 12.9. The Morgan fingerprint density at radius 3 is 2.86 bits per heavy atom. The highest BCUT2D eigenvalue weighted by Crippen LogP contribution is 2.26. The highest BCUT2D eigenvalue weighted by molar-refractivity contribution is 9.11. The van der Waals surface area contributed by atoms with Crippen LogP contribution in [0, 0.1) is 5.82 Å². The number of nitrogen functional groups attached to an aromatic ring is 1. The third-order valence-electron chi connectivity index (χ3n) is 1.56. The van der Waals surface area contributed by atoms with Crippen molar-refractivity contribution in [3.8, 4) is 0 Å². The molecule has 5 heteroatoms. The van der Waals surface area contributed by atoms with Crippen LogP contribution < -0.4 is 11.1 Å². The number of hydrogen-bond acceptors (Lipinski definition) is 2. The fraction of sp³-hybridized carbons (Fsp3) is 0.111. The Balaban J connectivity index is 2.87. The maximum atomic E-state index is 12.9. The van der Waals surface area contributed by atoms with Crippen molar-refractivity contribution in [3.63, 3.8) is 0 Å². The first kappa shape index (κ1) is 11.3. The molecule has 0 radical (unpaired) electrons. The summed E-state index contributed by atoms with van der Waals surface area (Å²) in [5, 5.41) is 3.00. The van der Waals surface area contributed by atoms with Crippen LogP contribution in [0.2, 0.25) is 5.02 Å². The van der Waals surface area contributed by atoms with E-state index in [-0.39, 0.29) is 5.02 Å². The predicted octanol–water partition coefficient (Wildman–Crippen LogP) is 3.38. The van der Waals surface area contributed by atoms with Crippen molar-refractivity contribution in [2.24, 2.45) is 0 Å². The van der Waals surface area contributed by atoms with E-state index >= 15 is 0 Å². The van der Waals surface area contributed by atoms with E-state index in [1.807, 2.05) is 0 Å². The highest BCUT2D eigenvalue weighted by Gasteiger charge is 2.05. The quantitative estimate of drug-likeness (QED) is 0.833. The molecule has 0 saturated carbocycles. The van der Waals surface area contributed by atoms with Crippen LogP contribution in [-0.2, 0) is 0 Å². The van der Waals surface area contributed by atoms with E-state index in [0.29, 0.717) is 17.9 Å². The molecular weight excluding hydrogens is 270 g/mol. The summed E-state index contributed by atoms with van der Waals surface area (Å²) in [6, 6.07) is 2.63. The first-order valence-electron chi connectivity index (χ1n) is 3.82. The zero-order valence-electron chi connectivity index (χ0n) is 7.28. The Morgan fingerprint density at radius 2 is 2.29 bits per heavy atom. The van der Waals surface area contributed by atoms with Crippen LogP contribution in [0.3, 0.4) is 0 Å². The molecule has 0 aliphatic heterocycles. The lowest BCUT2D eigenvalue weighted by molar-refractivity contribution is 0.629. The average Bonchev–Trinajstić information content (AvgIpc) is 2.09. The van der Waals surface area contributed by atoms with Gasteiger partial charge < -0.3 is 11.1 Å². The highest BCUT2D eigenvalue weighted by atomic mass is 79.9. The van der Waals surface area contributed by atoms with Gasteiger partial charge in [-0.05, 0) is 6.07 Å². The molecule has 0 amide bonds. The van der Waals surface area contributed by atoms with E-state index < -0.39 is 5.82 Å². The van der Waals surface area contributed by atoms with Crippen molar-refractivity contribution in [2.45, 2.75) is 0 Å². The largest absolute Gasteiger partial charge is 0.397 e. The number of benzene rings is 1. The van der Waals surface area contributed by atoms with Crippen LogP contribution in [0.15, 0.2) is 23.2 Å². The van der Waals surface area contributed by atoms with E-state index in [9.17, 15) is 4.39 Å². The van der Waals surface area contributed by atoms with Crippen molar-refractivity contribution in [1.29, 1.82) is 0 Å². The number of nitrogens with one attached hydrogen (secondary N) is 1. The summed E-state index contributed by atoms with van der Waals surface area (Å²) in [5.41, 5.74) is 6.48. The number of hydrogen-bond donors (Lipinski definition) is 2. The second kappa shape index (κ2) is 4.66. The smallest absolute Gasteiger partial charge is 0.143 e. The standard InChI is InChI=1S/C9H9BrClFN2/c1-5(10)4-14-9-2-6(11)7(12)3-8(9)13/h2-3,14H,1,4,13H2. The molecule has 76 valence electrons. The van der Waals surface area contributed by atoms with Gasteiger partial charge in [-0.1, -0.05) is 34.1 Å². The van der Waals surface area contributed by atoms with Crippen LogP contribution >= 0.6 is 27.5 Å². The Kier molecular flexibility index (Phi) is 3.77. The number of anilines is 2. The first-order valence-corrected chi connectivity index (χ1v) is 4.99. The lowest BCUT2D eigenvalue weighted by Crippen LogP contribution is -2.04. The van der Waals surface area contributed by atoms with Crippen LogP contribution in [0.1, 0.15) is 0 Å². The van der Waals surface area contributed by atoms with Gasteiger partial charge in [0.15, 0.2) is 0 Å². The van der Waals surface area contributed by atoms with E-state index in [0.717, 1.165) is 4.48 Å². The van der Waals surface area contributed by atoms with E-state index in [4.69, 9.17) is 17.3 Å². The zero-order valence-corrected chi connectivity index (χ0v) is 9.62. The molecule has 2 nitrogen and oxygen atoms in total. The molecule has 0 aliphatic carbocycles. The van der Waals surface area contributed by atoms with Crippen LogP contribution in [0.4, 0.5) is 15.8 Å². The third-order valence-corrected chi connectivity index (χ3v) is 2.13. The second-order valence-corrected chi connectivity index (χ2v) is 4.25. The monoisotopic (exact) mass is 278 g/mol. The molecule has 3 N–H and O–H groups in total. The Hall–Kier alpha value is -0.740. The van der Waals surface area contributed by atoms with Crippen molar-refractivity contribution in [1.82, 2.24) is 0 Å². The van der Waals surface area contributed by atoms with E-state index in [1.165, 1.54) is 12.1 Å². The maximum Gasteiger partial charge on any atom is 0.143 e. The fourth-order valence-electron chi connectivity index (χ4n) is 0.906. The molecule has 0 bridgehead atoms. The van der Waals surface area contributed by atoms with Gasteiger partial charge in [0.25, 0.3) is 0 Å². The normalized spacial score (nSPS) is 9.93. The van der Waals surface area contributed by atoms with E-state index in [1.54, 1.807) is 0 Å². The van der Waals surface area contributed by atoms with Gasteiger partial charge in [0.2, 0.25) is 0 Å². The molecule has 1 aromatic rings. The van der Waals surface area contributed by atoms with Crippen molar-refractivity contribution in [3.05, 3.63) is 34.0 Å². The van der Waals surface area contributed by atoms with Crippen molar-refractivity contribution in [2.75, 3.05) is 17.6 Å². The minimum absolute atomic E-state index is 0.0434. The van der Waals surface area contributed by atoms with Crippen molar-refractivity contribution < 1.29 is 4.39 Å². The Bertz CT molecular complexity index is 368. The molecule has 0 spiro atoms. The summed E-state index contributed by atoms with van der Waals surface area (Å²) in [5.74, 6) is -0.521. The van der Waals surface area contributed by atoms with Crippen LogP contribution in [0.25, 0.3) is 0 Å². The van der Waals surface area contributed by atoms with Gasteiger partial charge >= 0.3 is 0 Å². The Morgan fingerprint density at radius 1 is 1.64 bits per heavy atom. The SMILES string of the molecule is C=C(Br)CNc1cc(Cl)c(F)cc1N. The third kappa shape index (κ3) is 2.89. The topological polar surface area (TPSA) is 38.0 Å². The van der Waals surface area contributed by atoms with Crippen LogP contribution in [-0.4, -0.2) is 6.54 Å². The van der Waals surface area contributed by atoms with Gasteiger partial charge in [0.05, 0.1) is 16.4 Å². The molecule has 0 unspecified atom stereocenters. The first-order chi connectivity index (χ1) is 6.50. The molecule has 0 fully saturated rings. The van der Waals surface area contributed by atoms with Crippen molar-refractivity contribution >= 4 is 38.9 Å². The molecule has 14 heavy (non-hydrogen) atoms. The summed E-state index contributed by atoms with van der Waals surface area (Å²) in [4.78, 5) is 0. The summed E-state index contributed by atoms with van der Waals surface area (Å²) in [6.45, 7) is 4.15. The summed E-state index contributed by atoms with van der Waals surface area (Å²) < 4.78 is 13.7. The summed E-state index contributed by atoms with van der Waals surface area (Å²) in [6.07, 6.45) is 0. The fourth-order valence-corrected chi connectivity index (χ4v) is 1.21. The predicted molar refractivity (Wildman–Crippen MR) is 62.4 cm³/mol. The minimum atomic E-state index is -0.521. The van der Waals surface area contributed by atoms with E-state index in [2.05, 4.69) is 27.8 Å². The van der Waals surface area contributed by atoms with Gasteiger partial charge in [0.1, 0.15) is 5.82 Å². The average molecular weight is 280 g/mol. The summed E-state index contributed by atoms with van der Waals surface area (Å²) >= 11 is 8.78. The Labute approximate surface area is 95.1 Å². The molecule has 0 aromatic heterocycles. The molecular formula is C9H9BrClFN2. The lowest BCUT2D eigenvalue weighted by Gasteiger charge is -2.09. The zero-order chi connectivity index (χ0) is 10.7. The molecule has 0 heterocycles. The van der Waals surface area contributed by atoms with Gasteiger partial charge in [-0.25, -0.2) is 4.39 Å². The second-order valence-electron chi connectivity index (χ2n) is 2.72. The van der Waals surface area contributed by atoms with Gasteiger partial charge in [-0.15, -0.1) is 0 Å². The molecule has 0 atom stereocenters. The number of rotatable bonds is 3. The van der Waals surface area contributed by atoms with Gasteiger partial charge in [-0.2, -0.15) is 0 Å². The lowest BCUT2D eigenvalue weighted by atomic mass is 10.2. The van der Waals surface area contributed by atoms with Gasteiger partial charge in [-0.3, -0.25) is 0 Å². The van der Waals surface area contributed by atoms with Crippen LogP contribution in [0.5, 0.6) is 0 Å². The minimum Gasteiger partial charge on any atom is -0.397 e. The summed E-state index contributed by atoms with van der Waals surface area (Å²) in [7, 11) is 0. The molecule has 0 aliphatic rings. The molecule has 1 aromatic carbocycles. The molecule has 1 rings (SSSR count).